The van der Waals surface area contributed by atoms with Gasteiger partial charge in [-0.2, -0.15) is 0 Å². The van der Waals surface area contributed by atoms with Crippen molar-refractivity contribution in [3.63, 3.8) is 0 Å². The molecule has 38 heavy (non-hydrogen) atoms. The van der Waals surface area contributed by atoms with Gasteiger partial charge in [-0.25, -0.2) is 8.42 Å². The monoisotopic (exact) mass is 537 g/mol. The zero-order valence-electron chi connectivity index (χ0n) is 22.5. The maximum atomic E-state index is 13.9. The summed E-state index contributed by atoms with van der Waals surface area (Å²) in [5.74, 6) is -0.144. The minimum absolute atomic E-state index is 0.0767. The van der Waals surface area contributed by atoms with Gasteiger partial charge in [0.1, 0.15) is 18.3 Å². The summed E-state index contributed by atoms with van der Waals surface area (Å²) in [6.45, 7) is 5.21. The number of hydrogen-bond acceptors (Lipinski definition) is 5. The molecule has 0 heterocycles. The lowest BCUT2D eigenvalue weighted by Crippen LogP contribution is -2.51. The van der Waals surface area contributed by atoms with E-state index in [9.17, 15) is 18.0 Å². The highest BCUT2D eigenvalue weighted by atomic mass is 32.2. The number of rotatable bonds is 11. The van der Waals surface area contributed by atoms with Crippen molar-refractivity contribution in [2.75, 3.05) is 25.0 Å². The largest absolute Gasteiger partial charge is 0.497 e. The van der Waals surface area contributed by atoms with Crippen LogP contribution < -0.4 is 14.4 Å². The number of sulfonamides is 1. The first kappa shape index (κ1) is 28.7. The van der Waals surface area contributed by atoms with E-state index in [1.54, 1.807) is 43.5 Å². The molecule has 0 unspecified atom stereocenters. The van der Waals surface area contributed by atoms with Gasteiger partial charge >= 0.3 is 0 Å². The van der Waals surface area contributed by atoms with Gasteiger partial charge in [0.15, 0.2) is 0 Å². The van der Waals surface area contributed by atoms with E-state index in [-0.39, 0.29) is 17.3 Å². The lowest BCUT2D eigenvalue weighted by atomic mass is 10.1. The van der Waals surface area contributed by atoms with Crippen molar-refractivity contribution in [2.24, 2.45) is 0 Å². The summed E-state index contributed by atoms with van der Waals surface area (Å²) >= 11 is 0. The topological polar surface area (TPSA) is 96.0 Å². The summed E-state index contributed by atoms with van der Waals surface area (Å²) < 4.78 is 34.1. The first-order valence-electron chi connectivity index (χ1n) is 12.4. The van der Waals surface area contributed by atoms with Crippen LogP contribution in [0.4, 0.5) is 5.69 Å². The van der Waals surface area contributed by atoms with Crippen LogP contribution in [0.25, 0.3) is 0 Å². The molecule has 9 heteroatoms. The Labute approximate surface area is 225 Å². The Kier molecular flexibility index (Phi) is 9.52. The number of methoxy groups -OCH3 is 1. The predicted molar refractivity (Wildman–Crippen MR) is 149 cm³/mol. The number of nitrogens with one attached hydrogen (secondary N) is 1. The van der Waals surface area contributed by atoms with Crippen molar-refractivity contribution in [3.8, 4) is 5.75 Å². The quantitative estimate of drug-likeness (QED) is 0.398. The van der Waals surface area contributed by atoms with E-state index in [1.165, 1.54) is 24.1 Å². The normalized spacial score (nSPS) is 11.9. The molecule has 0 saturated heterocycles. The molecule has 0 bridgehead atoms. The summed E-state index contributed by atoms with van der Waals surface area (Å²) in [4.78, 5) is 28.3. The van der Waals surface area contributed by atoms with Crippen LogP contribution in [-0.4, -0.2) is 51.9 Å². The Morgan fingerprint density at radius 3 is 2.18 bits per heavy atom. The fourth-order valence-corrected chi connectivity index (χ4v) is 5.83. The highest BCUT2D eigenvalue weighted by Crippen LogP contribution is 2.28. The van der Waals surface area contributed by atoms with Gasteiger partial charge in [0.2, 0.25) is 11.8 Å². The van der Waals surface area contributed by atoms with Crippen molar-refractivity contribution in [1.82, 2.24) is 10.2 Å². The van der Waals surface area contributed by atoms with Gasteiger partial charge < -0.3 is 15.0 Å². The second-order valence-electron chi connectivity index (χ2n) is 9.02. The van der Waals surface area contributed by atoms with Crippen molar-refractivity contribution < 1.29 is 22.7 Å². The molecule has 202 valence electrons. The van der Waals surface area contributed by atoms with E-state index in [2.05, 4.69) is 5.32 Å². The number of aryl methyl sites for hydroxylation is 2. The van der Waals surface area contributed by atoms with Gasteiger partial charge in [-0.1, -0.05) is 55.0 Å². The number of benzene rings is 3. The Morgan fingerprint density at radius 2 is 1.63 bits per heavy atom. The summed E-state index contributed by atoms with van der Waals surface area (Å²) in [5, 5.41) is 2.63. The van der Waals surface area contributed by atoms with Crippen LogP contribution in [0, 0.1) is 13.8 Å². The molecule has 2 amide bonds. The third-order valence-corrected chi connectivity index (χ3v) is 8.15. The zero-order valence-corrected chi connectivity index (χ0v) is 23.3. The van der Waals surface area contributed by atoms with Crippen molar-refractivity contribution in [1.29, 1.82) is 0 Å². The van der Waals surface area contributed by atoms with Gasteiger partial charge in [-0.15, -0.1) is 0 Å². The molecule has 0 radical (unpaired) electrons. The van der Waals surface area contributed by atoms with E-state index in [0.29, 0.717) is 17.9 Å². The van der Waals surface area contributed by atoms with E-state index in [1.807, 2.05) is 45.0 Å². The number of amides is 2. The minimum Gasteiger partial charge on any atom is -0.497 e. The molecule has 0 spiro atoms. The maximum absolute atomic E-state index is 13.9. The molecule has 0 aromatic heterocycles. The van der Waals surface area contributed by atoms with Crippen molar-refractivity contribution >= 4 is 27.5 Å². The molecular formula is C29H35N3O5S. The minimum atomic E-state index is -4.09. The van der Waals surface area contributed by atoms with E-state index >= 15 is 0 Å². The number of carbonyl (C=O) groups is 2. The molecule has 3 aromatic carbocycles. The summed E-state index contributed by atoms with van der Waals surface area (Å²) in [7, 11) is -1.00. The lowest BCUT2D eigenvalue weighted by Gasteiger charge is -2.33. The Balaban J connectivity index is 2.07. The number of likely N-dealkylation sites (N-methyl/N-ethyl adjacent to an activating group) is 1. The predicted octanol–water partition coefficient (Wildman–Crippen LogP) is 4.06. The van der Waals surface area contributed by atoms with Gasteiger partial charge in [0, 0.05) is 13.6 Å². The van der Waals surface area contributed by atoms with E-state index in [4.69, 9.17) is 4.74 Å². The fourth-order valence-electron chi connectivity index (χ4n) is 4.33. The van der Waals surface area contributed by atoms with Crippen LogP contribution in [-0.2, 0) is 26.2 Å². The SMILES string of the molecule is CC[C@@H](C(=O)NC)N(Cc1ccc(OC)cc1)C(=O)CN(c1ccc(C)cc1C)S(=O)(=O)c1ccccc1. The third-order valence-electron chi connectivity index (χ3n) is 6.38. The Bertz CT molecular complexity index is 1360. The molecule has 1 atom stereocenters. The highest BCUT2D eigenvalue weighted by molar-refractivity contribution is 7.92. The van der Waals surface area contributed by atoms with Gasteiger partial charge in [-0.3, -0.25) is 13.9 Å². The van der Waals surface area contributed by atoms with Gasteiger partial charge in [0.25, 0.3) is 10.0 Å². The lowest BCUT2D eigenvalue weighted by molar-refractivity contribution is -0.140. The molecule has 3 aromatic rings. The molecule has 0 aliphatic rings. The molecule has 8 nitrogen and oxygen atoms in total. The van der Waals surface area contributed by atoms with E-state index < -0.39 is 28.5 Å². The fraction of sp³-hybridized carbons (Fsp3) is 0.310. The second-order valence-corrected chi connectivity index (χ2v) is 10.9. The molecule has 0 fully saturated rings. The van der Waals surface area contributed by atoms with Gasteiger partial charge in [0.05, 0.1) is 17.7 Å². The molecular weight excluding hydrogens is 502 g/mol. The number of carbonyl (C=O) groups excluding carboxylic acids is 2. The first-order chi connectivity index (χ1) is 18.1. The number of nitrogens with zero attached hydrogens (tertiary/aromatic N) is 2. The summed E-state index contributed by atoms with van der Waals surface area (Å²) in [6.07, 6.45) is 0.358. The summed E-state index contributed by atoms with van der Waals surface area (Å²) in [6, 6.07) is 19.8. The summed E-state index contributed by atoms with van der Waals surface area (Å²) in [5.41, 5.74) is 2.88. The van der Waals surface area contributed by atoms with Crippen molar-refractivity contribution in [3.05, 3.63) is 89.5 Å². The third kappa shape index (κ3) is 6.52. The maximum Gasteiger partial charge on any atom is 0.264 e. The average molecular weight is 538 g/mol. The number of hydrogen-bond donors (Lipinski definition) is 1. The van der Waals surface area contributed by atoms with Crippen LogP contribution in [0.3, 0.4) is 0 Å². The molecule has 1 N–H and O–H groups in total. The molecule has 0 aliphatic carbocycles. The van der Waals surface area contributed by atoms with Crippen LogP contribution >= 0.6 is 0 Å². The number of ether oxygens (including phenoxy) is 1. The molecule has 0 aliphatic heterocycles. The molecule has 0 saturated carbocycles. The second kappa shape index (κ2) is 12.6. The van der Waals surface area contributed by atoms with Crippen LogP contribution in [0.15, 0.2) is 77.7 Å². The zero-order chi connectivity index (χ0) is 27.9. The smallest absolute Gasteiger partial charge is 0.264 e. The van der Waals surface area contributed by atoms with E-state index in [0.717, 1.165) is 21.0 Å². The Hall–Kier alpha value is -3.85. The highest BCUT2D eigenvalue weighted by Gasteiger charge is 2.33. The first-order valence-corrected chi connectivity index (χ1v) is 13.8. The standard InChI is InChI=1S/C29H35N3O5S/c1-6-26(29(34)30-4)31(19-23-13-15-24(37-5)16-14-23)28(33)20-32(27-17-12-21(2)18-22(27)3)38(35,36)25-10-8-7-9-11-25/h7-18,26H,6,19-20H2,1-5H3,(H,30,34)/t26-/m0/s1. The number of anilines is 1. The Morgan fingerprint density at radius 1 is 0.974 bits per heavy atom. The van der Waals surface area contributed by atoms with Gasteiger partial charge in [-0.05, 0) is 61.7 Å². The molecule has 3 rings (SSSR count). The van der Waals surface area contributed by atoms with Crippen molar-refractivity contribution in [2.45, 2.75) is 44.7 Å². The van der Waals surface area contributed by atoms with Crippen LogP contribution in [0.2, 0.25) is 0 Å². The average Bonchev–Trinajstić information content (AvgIpc) is 2.92. The van der Waals surface area contributed by atoms with Crippen LogP contribution in [0.1, 0.15) is 30.0 Å². The van der Waals surface area contributed by atoms with Crippen LogP contribution in [0.5, 0.6) is 5.75 Å².